The lowest BCUT2D eigenvalue weighted by molar-refractivity contribution is -0.384. The molecule has 176 valence electrons. The standard InChI is InChI=1S/C22H15Cl2F3N4O3/c23-17-5-4-15(31(33)34)10-16(17)21(32)29-14-3-6-19-12(8-14)2-1-7-30(19)20-18(24)9-13(11-28-20)22(25,26)27/h3-6,8-11H,1-2,7H2,(H,29,32). The minimum atomic E-state index is -4.55. The normalized spacial score (nSPS) is 13.4. The number of nitrogens with one attached hydrogen (secondary N) is 1. The van der Waals surface area contributed by atoms with Gasteiger partial charge >= 0.3 is 6.18 Å². The Hall–Kier alpha value is -3.37. The Balaban J connectivity index is 1.60. The molecular formula is C22H15Cl2F3N4O3. The van der Waals surface area contributed by atoms with Crippen LogP contribution in [0, 0.1) is 10.1 Å². The number of aryl methyl sites for hydroxylation is 1. The number of rotatable bonds is 4. The molecule has 1 aliphatic rings. The molecule has 0 atom stereocenters. The van der Waals surface area contributed by atoms with E-state index in [2.05, 4.69) is 10.3 Å². The van der Waals surface area contributed by atoms with Gasteiger partial charge in [-0.3, -0.25) is 14.9 Å². The van der Waals surface area contributed by atoms with Crippen molar-refractivity contribution in [1.29, 1.82) is 0 Å². The van der Waals surface area contributed by atoms with E-state index in [4.69, 9.17) is 23.2 Å². The van der Waals surface area contributed by atoms with Gasteiger partial charge in [-0.1, -0.05) is 23.2 Å². The molecule has 0 radical (unpaired) electrons. The molecule has 1 N–H and O–H groups in total. The number of nitro groups is 1. The molecule has 0 saturated heterocycles. The highest BCUT2D eigenvalue weighted by molar-refractivity contribution is 6.34. The van der Waals surface area contributed by atoms with E-state index >= 15 is 0 Å². The molecule has 4 rings (SSSR count). The van der Waals surface area contributed by atoms with Crippen LogP contribution in [0.3, 0.4) is 0 Å². The summed E-state index contributed by atoms with van der Waals surface area (Å²) in [6.45, 7) is 0.500. The molecule has 2 heterocycles. The number of alkyl halides is 3. The van der Waals surface area contributed by atoms with Gasteiger partial charge in [0.25, 0.3) is 11.6 Å². The predicted molar refractivity (Wildman–Crippen MR) is 122 cm³/mol. The van der Waals surface area contributed by atoms with E-state index in [9.17, 15) is 28.1 Å². The second-order valence-corrected chi connectivity index (χ2v) is 8.32. The van der Waals surface area contributed by atoms with Gasteiger partial charge in [0, 0.05) is 36.2 Å². The molecule has 3 aromatic rings. The van der Waals surface area contributed by atoms with E-state index in [0.717, 1.165) is 23.9 Å². The molecule has 0 spiro atoms. The van der Waals surface area contributed by atoms with Gasteiger partial charge in [0.2, 0.25) is 0 Å². The zero-order valence-corrected chi connectivity index (χ0v) is 18.7. The van der Waals surface area contributed by atoms with Gasteiger partial charge in [0.15, 0.2) is 5.82 Å². The lowest BCUT2D eigenvalue weighted by Crippen LogP contribution is -2.26. The van der Waals surface area contributed by atoms with E-state index in [1.807, 2.05) is 0 Å². The fourth-order valence-corrected chi connectivity index (χ4v) is 4.15. The summed E-state index contributed by atoms with van der Waals surface area (Å²) < 4.78 is 38.9. The van der Waals surface area contributed by atoms with Gasteiger partial charge in [-0.25, -0.2) is 4.98 Å². The smallest absolute Gasteiger partial charge is 0.325 e. The molecule has 0 fully saturated rings. The van der Waals surface area contributed by atoms with Crippen molar-refractivity contribution < 1.29 is 22.9 Å². The number of aromatic nitrogens is 1. The Bertz CT molecular complexity index is 1300. The van der Waals surface area contributed by atoms with Gasteiger partial charge in [-0.05, 0) is 48.7 Å². The molecular weight excluding hydrogens is 496 g/mol. The summed E-state index contributed by atoms with van der Waals surface area (Å²) >= 11 is 12.2. The van der Waals surface area contributed by atoms with Crippen LogP contribution in [-0.4, -0.2) is 22.4 Å². The third-order valence-corrected chi connectivity index (χ3v) is 5.87. The average Bonchev–Trinajstić information content (AvgIpc) is 2.78. The second kappa shape index (κ2) is 9.11. The topological polar surface area (TPSA) is 88.4 Å². The van der Waals surface area contributed by atoms with E-state index in [0.29, 0.717) is 30.8 Å². The number of anilines is 3. The molecule has 0 saturated carbocycles. The maximum absolute atomic E-state index is 13.0. The SMILES string of the molecule is O=C(Nc1ccc2c(c1)CCCN2c1ncc(C(F)(F)F)cc1Cl)c1cc([N+](=O)[O-])ccc1Cl. The number of pyridine rings is 1. The number of nitrogens with zero attached hydrogens (tertiary/aromatic N) is 3. The maximum Gasteiger partial charge on any atom is 0.417 e. The number of benzene rings is 2. The number of halogens is 5. The first-order valence-corrected chi connectivity index (χ1v) is 10.7. The Kier molecular flexibility index (Phi) is 6.37. The fourth-order valence-electron chi connectivity index (χ4n) is 3.68. The molecule has 12 heteroatoms. The molecule has 1 aliphatic heterocycles. The van der Waals surface area contributed by atoms with Crippen molar-refractivity contribution in [2.75, 3.05) is 16.8 Å². The number of non-ortho nitro benzene ring substituents is 1. The molecule has 0 unspecified atom stereocenters. The zero-order chi connectivity index (χ0) is 24.6. The largest absolute Gasteiger partial charge is 0.417 e. The van der Waals surface area contributed by atoms with E-state index in [1.54, 1.807) is 23.1 Å². The van der Waals surface area contributed by atoms with Crippen molar-refractivity contribution >= 4 is 52.0 Å². The zero-order valence-electron chi connectivity index (χ0n) is 17.2. The van der Waals surface area contributed by atoms with E-state index in [-0.39, 0.29) is 27.1 Å². The first-order chi connectivity index (χ1) is 16.0. The number of nitro benzene ring substituents is 1. The Morgan fingerprint density at radius 3 is 2.56 bits per heavy atom. The number of carbonyl (C=O) groups excluding carboxylic acids is 1. The maximum atomic E-state index is 13.0. The highest BCUT2D eigenvalue weighted by atomic mass is 35.5. The van der Waals surface area contributed by atoms with Crippen LogP contribution in [0.5, 0.6) is 0 Å². The van der Waals surface area contributed by atoms with Gasteiger partial charge < -0.3 is 10.2 Å². The first-order valence-electron chi connectivity index (χ1n) is 9.93. The van der Waals surface area contributed by atoms with E-state index < -0.39 is 22.6 Å². The van der Waals surface area contributed by atoms with Crippen LogP contribution in [-0.2, 0) is 12.6 Å². The summed E-state index contributed by atoms with van der Waals surface area (Å²) in [6.07, 6.45) is -2.47. The lowest BCUT2D eigenvalue weighted by Gasteiger charge is -2.31. The number of hydrogen-bond acceptors (Lipinski definition) is 5. The van der Waals surface area contributed by atoms with Crippen molar-refractivity contribution in [2.45, 2.75) is 19.0 Å². The molecule has 1 amide bonds. The second-order valence-electron chi connectivity index (χ2n) is 7.50. The number of hydrogen-bond donors (Lipinski definition) is 1. The van der Waals surface area contributed by atoms with E-state index in [1.165, 1.54) is 12.1 Å². The minimum absolute atomic E-state index is 0.0454. The molecule has 0 aliphatic carbocycles. The van der Waals surface area contributed by atoms with Crippen LogP contribution in [0.1, 0.15) is 27.9 Å². The van der Waals surface area contributed by atoms with Crippen molar-refractivity contribution in [3.63, 3.8) is 0 Å². The summed E-state index contributed by atoms with van der Waals surface area (Å²) in [5.41, 5.74) is 0.710. The minimum Gasteiger partial charge on any atom is -0.325 e. The van der Waals surface area contributed by atoms with Crippen molar-refractivity contribution in [2.24, 2.45) is 0 Å². The Labute approximate surface area is 201 Å². The lowest BCUT2D eigenvalue weighted by atomic mass is 10.0. The molecule has 7 nitrogen and oxygen atoms in total. The van der Waals surface area contributed by atoms with Crippen LogP contribution in [0.2, 0.25) is 10.0 Å². The summed E-state index contributed by atoms with van der Waals surface area (Å²) in [5.74, 6) is -0.412. The van der Waals surface area contributed by atoms with Crippen LogP contribution in [0.15, 0.2) is 48.7 Å². The summed E-state index contributed by atoms with van der Waals surface area (Å²) in [5, 5.41) is 13.6. The summed E-state index contributed by atoms with van der Waals surface area (Å²) in [4.78, 5) is 28.7. The van der Waals surface area contributed by atoms with Crippen LogP contribution in [0.25, 0.3) is 0 Å². The van der Waals surface area contributed by atoms with Gasteiger partial charge in [-0.2, -0.15) is 13.2 Å². The summed E-state index contributed by atoms with van der Waals surface area (Å²) in [7, 11) is 0. The molecule has 34 heavy (non-hydrogen) atoms. The number of amides is 1. The molecule has 0 bridgehead atoms. The van der Waals surface area contributed by atoms with Crippen LogP contribution >= 0.6 is 23.2 Å². The fraction of sp³-hybridized carbons (Fsp3) is 0.182. The van der Waals surface area contributed by atoms with Crippen LogP contribution in [0.4, 0.5) is 36.1 Å². The third kappa shape index (κ3) is 4.78. The van der Waals surface area contributed by atoms with Gasteiger partial charge in [-0.15, -0.1) is 0 Å². The average molecular weight is 511 g/mol. The number of carbonyl (C=O) groups is 1. The van der Waals surface area contributed by atoms with Crippen LogP contribution < -0.4 is 10.2 Å². The highest BCUT2D eigenvalue weighted by Crippen LogP contribution is 2.39. The van der Waals surface area contributed by atoms with Crippen molar-refractivity contribution in [3.8, 4) is 0 Å². The van der Waals surface area contributed by atoms with Crippen molar-refractivity contribution in [1.82, 2.24) is 4.98 Å². The Morgan fingerprint density at radius 1 is 1.12 bits per heavy atom. The first kappa shape index (κ1) is 23.8. The third-order valence-electron chi connectivity index (χ3n) is 5.27. The number of fused-ring (bicyclic) bond motifs is 1. The van der Waals surface area contributed by atoms with Crippen molar-refractivity contribution in [3.05, 3.63) is 85.5 Å². The predicted octanol–water partition coefficient (Wildman–Crippen LogP) is 6.65. The Morgan fingerprint density at radius 2 is 1.88 bits per heavy atom. The highest BCUT2D eigenvalue weighted by Gasteiger charge is 2.32. The molecule has 2 aromatic carbocycles. The monoisotopic (exact) mass is 510 g/mol. The quantitative estimate of drug-likeness (QED) is 0.313. The van der Waals surface area contributed by atoms with Gasteiger partial charge in [0.05, 0.1) is 26.1 Å². The van der Waals surface area contributed by atoms with Gasteiger partial charge in [0.1, 0.15) is 0 Å². The molecule has 1 aromatic heterocycles. The summed E-state index contributed by atoms with van der Waals surface area (Å²) in [6, 6.07) is 9.45.